The Morgan fingerprint density at radius 2 is 2.00 bits per heavy atom. The molecule has 0 spiro atoms. The van der Waals surface area contributed by atoms with Crippen molar-refractivity contribution < 1.29 is 23.9 Å². The van der Waals surface area contributed by atoms with Crippen LogP contribution in [-0.2, 0) is 17.8 Å². The highest BCUT2D eigenvalue weighted by Gasteiger charge is 2.29. The van der Waals surface area contributed by atoms with Gasteiger partial charge in [0.15, 0.2) is 0 Å². The largest absolute Gasteiger partial charge is 0.478 e. The summed E-state index contributed by atoms with van der Waals surface area (Å²) < 4.78 is 13.8. The summed E-state index contributed by atoms with van der Waals surface area (Å²) in [6, 6.07) is 5.49. The molecular formula is C17H15FN2O4S. The molecule has 0 fully saturated rings. The van der Waals surface area contributed by atoms with E-state index in [-0.39, 0.29) is 22.0 Å². The second-order valence-corrected chi connectivity index (χ2v) is 6.74. The van der Waals surface area contributed by atoms with E-state index < -0.39 is 17.7 Å². The van der Waals surface area contributed by atoms with E-state index in [9.17, 15) is 23.9 Å². The molecule has 2 heterocycles. The Kier molecular flexibility index (Phi) is 4.54. The molecule has 8 heteroatoms. The van der Waals surface area contributed by atoms with E-state index in [1.165, 1.54) is 25.1 Å². The molecule has 0 unspecified atom stereocenters. The number of rotatable bonds is 3. The highest BCUT2D eigenvalue weighted by molar-refractivity contribution is 7.17. The average molecular weight is 362 g/mol. The summed E-state index contributed by atoms with van der Waals surface area (Å²) in [7, 11) is 0. The monoisotopic (exact) mass is 362 g/mol. The van der Waals surface area contributed by atoms with Gasteiger partial charge in [0.05, 0.1) is 17.7 Å². The SMILES string of the molecule is CC(=O)N1CCc2c(sc(NC(=O)c3ccccc3F)c2C(=O)O)C1. The number of fused-ring (bicyclic) bond motifs is 1. The third-order valence-electron chi connectivity index (χ3n) is 4.06. The van der Waals surface area contributed by atoms with Gasteiger partial charge in [-0.25, -0.2) is 9.18 Å². The van der Waals surface area contributed by atoms with Crippen LogP contribution in [0.2, 0.25) is 0 Å². The number of nitrogens with zero attached hydrogens (tertiary/aromatic N) is 1. The molecule has 1 aliphatic heterocycles. The van der Waals surface area contributed by atoms with Gasteiger partial charge in [-0.15, -0.1) is 11.3 Å². The van der Waals surface area contributed by atoms with E-state index in [2.05, 4.69) is 5.32 Å². The molecule has 0 saturated heterocycles. The topological polar surface area (TPSA) is 86.7 Å². The standard InChI is InChI=1S/C17H15FN2O4S/c1-9(21)20-7-6-11-13(8-20)25-16(14(11)17(23)24)19-15(22)10-4-2-3-5-12(10)18/h2-5H,6-8H2,1H3,(H,19,22)(H,23,24). The summed E-state index contributed by atoms with van der Waals surface area (Å²) >= 11 is 1.11. The fraction of sp³-hybridized carbons (Fsp3) is 0.235. The predicted octanol–water partition coefficient (Wildman–Crippen LogP) is 2.74. The normalized spacial score (nSPS) is 13.3. The van der Waals surface area contributed by atoms with E-state index in [1.54, 1.807) is 4.90 Å². The van der Waals surface area contributed by atoms with E-state index in [4.69, 9.17) is 0 Å². The van der Waals surface area contributed by atoms with E-state index in [0.717, 1.165) is 22.3 Å². The van der Waals surface area contributed by atoms with Crippen LogP contribution in [0.1, 0.15) is 38.1 Å². The molecular weight excluding hydrogens is 347 g/mol. The van der Waals surface area contributed by atoms with E-state index in [1.807, 2.05) is 0 Å². The highest BCUT2D eigenvalue weighted by atomic mass is 32.1. The Bertz CT molecular complexity index is 878. The number of carbonyl (C=O) groups excluding carboxylic acids is 2. The lowest BCUT2D eigenvalue weighted by Gasteiger charge is -2.25. The number of hydrogen-bond acceptors (Lipinski definition) is 4. The first-order valence-electron chi connectivity index (χ1n) is 7.57. The molecule has 3 rings (SSSR count). The van der Waals surface area contributed by atoms with Gasteiger partial charge in [-0.2, -0.15) is 0 Å². The van der Waals surface area contributed by atoms with Crippen LogP contribution < -0.4 is 5.32 Å². The van der Waals surface area contributed by atoms with Gasteiger partial charge < -0.3 is 15.3 Å². The summed E-state index contributed by atoms with van der Waals surface area (Å²) in [6.45, 7) is 2.20. The average Bonchev–Trinajstić information content (AvgIpc) is 2.91. The van der Waals surface area contributed by atoms with Gasteiger partial charge in [-0.05, 0) is 24.1 Å². The molecule has 1 aliphatic rings. The quantitative estimate of drug-likeness (QED) is 0.879. The number of anilines is 1. The summed E-state index contributed by atoms with van der Waals surface area (Å²) in [5.74, 6) is -2.63. The number of halogens is 1. The van der Waals surface area contributed by atoms with Gasteiger partial charge in [0.25, 0.3) is 5.91 Å². The Morgan fingerprint density at radius 3 is 2.64 bits per heavy atom. The molecule has 0 bridgehead atoms. The zero-order valence-electron chi connectivity index (χ0n) is 13.3. The molecule has 2 aromatic rings. The van der Waals surface area contributed by atoms with Gasteiger partial charge in [-0.1, -0.05) is 12.1 Å². The van der Waals surface area contributed by atoms with Gasteiger partial charge in [0, 0.05) is 18.3 Å². The first kappa shape index (κ1) is 17.1. The van der Waals surface area contributed by atoms with Crippen molar-refractivity contribution in [1.82, 2.24) is 4.90 Å². The van der Waals surface area contributed by atoms with Crippen molar-refractivity contribution in [3.05, 3.63) is 51.7 Å². The minimum absolute atomic E-state index is 0.0212. The minimum atomic E-state index is -1.15. The summed E-state index contributed by atoms with van der Waals surface area (Å²) in [5.41, 5.74) is 0.488. The molecule has 0 saturated carbocycles. The number of carboxylic acid groups (broad SMARTS) is 1. The van der Waals surface area contributed by atoms with Crippen LogP contribution >= 0.6 is 11.3 Å². The zero-order chi connectivity index (χ0) is 18.1. The van der Waals surface area contributed by atoms with Crippen LogP contribution in [0.5, 0.6) is 0 Å². The van der Waals surface area contributed by atoms with Crippen molar-refractivity contribution in [3.8, 4) is 0 Å². The lowest BCUT2D eigenvalue weighted by atomic mass is 10.0. The molecule has 2 amide bonds. The maximum atomic E-state index is 13.8. The molecule has 0 aliphatic carbocycles. The Morgan fingerprint density at radius 1 is 1.28 bits per heavy atom. The lowest BCUT2D eigenvalue weighted by molar-refractivity contribution is -0.129. The summed E-state index contributed by atoms with van der Waals surface area (Å²) in [4.78, 5) is 37.8. The van der Waals surface area contributed by atoms with Gasteiger partial charge in [0.2, 0.25) is 5.91 Å². The van der Waals surface area contributed by atoms with Crippen molar-refractivity contribution >= 4 is 34.1 Å². The van der Waals surface area contributed by atoms with Crippen molar-refractivity contribution in [2.45, 2.75) is 19.9 Å². The molecule has 130 valence electrons. The number of aromatic carboxylic acids is 1. The van der Waals surface area contributed by atoms with Crippen molar-refractivity contribution in [2.75, 3.05) is 11.9 Å². The van der Waals surface area contributed by atoms with Crippen LogP contribution in [0.4, 0.5) is 9.39 Å². The minimum Gasteiger partial charge on any atom is -0.478 e. The predicted molar refractivity (Wildman–Crippen MR) is 90.4 cm³/mol. The first-order chi connectivity index (χ1) is 11.9. The highest BCUT2D eigenvalue weighted by Crippen LogP contribution is 2.37. The molecule has 0 atom stereocenters. The third kappa shape index (κ3) is 3.25. The molecule has 0 radical (unpaired) electrons. The van der Waals surface area contributed by atoms with Gasteiger partial charge in [-0.3, -0.25) is 9.59 Å². The van der Waals surface area contributed by atoms with Gasteiger partial charge >= 0.3 is 5.97 Å². The maximum Gasteiger partial charge on any atom is 0.339 e. The van der Waals surface area contributed by atoms with Crippen LogP contribution in [0.3, 0.4) is 0 Å². The Labute approximate surface area is 146 Å². The maximum absolute atomic E-state index is 13.8. The van der Waals surface area contributed by atoms with Crippen LogP contribution in [0.15, 0.2) is 24.3 Å². The third-order valence-corrected chi connectivity index (χ3v) is 5.19. The fourth-order valence-corrected chi connectivity index (χ4v) is 4.05. The molecule has 6 nitrogen and oxygen atoms in total. The number of thiophene rings is 1. The Balaban J connectivity index is 1.94. The van der Waals surface area contributed by atoms with Crippen molar-refractivity contribution in [1.29, 1.82) is 0 Å². The molecule has 2 N–H and O–H groups in total. The van der Waals surface area contributed by atoms with E-state index >= 15 is 0 Å². The van der Waals surface area contributed by atoms with E-state index in [0.29, 0.717) is 25.1 Å². The number of hydrogen-bond donors (Lipinski definition) is 2. The van der Waals surface area contributed by atoms with Crippen molar-refractivity contribution in [2.24, 2.45) is 0 Å². The molecule has 1 aromatic carbocycles. The van der Waals surface area contributed by atoms with Crippen molar-refractivity contribution in [3.63, 3.8) is 0 Å². The smallest absolute Gasteiger partial charge is 0.339 e. The summed E-state index contributed by atoms with van der Waals surface area (Å²) in [5, 5.41) is 12.2. The Hall–Kier alpha value is -2.74. The number of nitrogens with one attached hydrogen (secondary N) is 1. The number of amides is 2. The lowest BCUT2D eigenvalue weighted by Crippen LogP contribution is -2.33. The number of carbonyl (C=O) groups is 3. The zero-order valence-corrected chi connectivity index (χ0v) is 14.2. The van der Waals surface area contributed by atoms with Crippen LogP contribution in [0.25, 0.3) is 0 Å². The van der Waals surface area contributed by atoms with Gasteiger partial charge in [0.1, 0.15) is 10.8 Å². The second kappa shape index (κ2) is 6.64. The molecule has 25 heavy (non-hydrogen) atoms. The second-order valence-electron chi connectivity index (χ2n) is 5.64. The number of benzene rings is 1. The first-order valence-corrected chi connectivity index (χ1v) is 8.39. The van der Waals surface area contributed by atoms with Crippen LogP contribution in [-0.4, -0.2) is 34.3 Å². The van der Waals surface area contributed by atoms with Crippen LogP contribution in [0, 0.1) is 5.82 Å². The summed E-state index contributed by atoms with van der Waals surface area (Å²) in [6.07, 6.45) is 0.405. The number of carboxylic acids is 1. The fourth-order valence-electron chi connectivity index (χ4n) is 2.80. The molecule has 1 aromatic heterocycles.